The molecule has 5 nitrogen and oxygen atoms in total. The second kappa shape index (κ2) is 5.18. The molecule has 2 aromatic heterocycles. The van der Waals surface area contributed by atoms with Gasteiger partial charge in [-0.05, 0) is 11.6 Å². The monoisotopic (exact) mass is 264 g/mol. The highest BCUT2D eigenvalue weighted by molar-refractivity contribution is 6.29. The van der Waals surface area contributed by atoms with Crippen LogP contribution >= 0.6 is 11.6 Å². The molecule has 0 N–H and O–H groups in total. The topological polar surface area (TPSA) is 51.0 Å². The van der Waals surface area contributed by atoms with Crippen molar-refractivity contribution < 1.29 is 0 Å². The minimum Gasteiger partial charge on any atom is -0.376 e. The first-order valence-electron chi connectivity index (χ1n) is 5.41. The van der Waals surface area contributed by atoms with Crippen LogP contribution in [-0.4, -0.2) is 28.9 Å². The highest BCUT2D eigenvalue weighted by Gasteiger charge is 2.03. The summed E-state index contributed by atoms with van der Waals surface area (Å²) in [6, 6.07) is 5.07. The second-order valence-corrected chi connectivity index (χ2v) is 4.48. The van der Waals surface area contributed by atoms with Gasteiger partial charge in [-0.2, -0.15) is 5.10 Å². The van der Waals surface area contributed by atoms with Crippen LogP contribution in [0.3, 0.4) is 0 Å². The molecule has 94 valence electrons. The molecule has 0 aliphatic heterocycles. The van der Waals surface area contributed by atoms with Crippen molar-refractivity contribution in [3.05, 3.63) is 51.7 Å². The maximum atomic E-state index is 11.8. The van der Waals surface area contributed by atoms with E-state index in [2.05, 4.69) is 10.1 Å². The van der Waals surface area contributed by atoms with Crippen molar-refractivity contribution in [2.24, 2.45) is 0 Å². The van der Waals surface area contributed by atoms with Crippen molar-refractivity contribution in [2.45, 2.75) is 6.54 Å². The molecule has 0 amide bonds. The second-order valence-electron chi connectivity index (χ2n) is 4.09. The summed E-state index contributed by atoms with van der Waals surface area (Å²) in [4.78, 5) is 17.6. The van der Waals surface area contributed by atoms with E-state index in [1.165, 1.54) is 4.68 Å². The van der Waals surface area contributed by atoms with Gasteiger partial charge in [-0.15, -0.1) is 0 Å². The van der Waals surface area contributed by atoms with E-state index in [4.69, 9.17) is 11.6 Å². The predicted octanol–water partition coefficient (Wildman–Crippen LogP) is 1.41. The van der Waals surface area contributed by atoms with Crippen LogP contribution < -0.4 is 10.5 Å². The van der Waals surface area contributed by atoms with Gasteiger partial charge < -0.3 is 4.90 Å². The van der Waals surface area contributed by atoms with Crippen molar-refractivity contribution in [3.8, 4) is 0 Å². The number of aromatic nitrogens is 3. The Morgan fingerprint density at radius 2 is 2.11 bits per heavy atom. The Hall–Kier alpha value is -1.88. The Labute approximate surface area is 110 Å². The van der Waals surface area contributed by atoms with Crippen LogP contribution in [0, 0.1) is 0 Å². The fourth-order valence-corrected chi connectivity index (χ4v) is 1.57. The van der Waals surface area contributed by atoms with Gasteiger partial charge >= 0.3 is 0 Å². The standard InChI is InChI=1S/C12H13ClN4O/c1-16(2)10-5-12(18)17(15-7-10)8-9-3-4-11(13)14-6-9/h3-7H,8H2,1-2H3. The lowest BCUT2D eigenvalue weighted by atomic mass is 10.3. The molecular formula is C12H13ClN4O. The van der Waals surface area contributed by atoms with Crippen LogP contribution in [0.15, 0.2) is 35.4 Å². The summed E-state index contributed by atoms with van der Waals surface area (Å²) >= 11 is 5.70. The first-order valence-corrected chi connectivity index (χ1v) is 5.79. The Morgan fingerprint density at radius 3 is 2.67 bits per heavy atom. The maximum absolute atomic E-state index is 11.8. The predicted molar refractivity (Wildman–Crippen MR) is 71.2 cm³/mol. The van der Waals surface area contributed by atoms with Crippen LogP contribution in [0.5, 0.6) is 0 Å². The zero-order valence-corrected chi connectivity index (χ0v) is 10.9. The van der Waals surface area contributed by atoms with Crippen molar-refractivity contribution in [1.29, 1.82) is 0 Å². The van der Waals surface area contributed by atoms with E-state index in [0.717, 1.165) is 11.3 Å². The molecule has 0 saturated heterocycles. The Kier molecular flexibility index (Phi) is 3.62. The van der Waals surface area contributed by atoms with Crippen LogP contribution in [-0.2, 0) is 6.54 Å². The van der Waals surface area contributed by atoms with Gasteiger partial charge in [0.25, 0.3) is 5.56 Å². The summed E-state index contributed by atoms with van der Waals surface area (Å²) in [5, 5.41) is 4.55. The molecular weight excluding hydrogens is 252 g/mol. The molecule has 0 unspecified atom stereocenters. The number of hydrogen-bond acceptors (Lipinski definition) is 4. The molecule has 18 heavy (non-hydrogen) atoms. The third-order valence-corrected chi connectivity index (χ3v) is 2.72. The van der Waals surface area contributed by atoms with E-state index in [-0.39, 0.29) is 5.56 Å². The molecule has 0 saturated carbocycles. The molecule has 0 radical (unpaired) electrons. The lowest BCUT2D eigenvalue weighted by Crippen LogP contribution is -2.24. The minimum absolute atomic E-state index is 0.142. The first-order chi connectivity index (χ1) is 8.56. The summed E-state index contributed by atoms with van der Waals surface area (Å²) < 4.78 is 1.39. The molecule has 0 bridgehead atoms. The highest BCUT2D eigenvalue weighted by atomic mass is 35.5. The minimum atomic E-state index is -0.142. The third kappa shape index (κ3) is 2.87. The lowest BCUT2D eigenvalue weighted by Gasteiger charge is -2.12. The van der Waals surface area contributed by atoms with E-state index in [1.807, 2.05) is 25.1 Å². The number of anilines is 1. The zero-order chi connectivity index (χ0) is 13.1. The summed E-state index contributed by atoms with van der Waals surface area (Å²) in [6.07, 6.45) is 3.29. The summed E-state index contributed by atoms with van der Waals surface area (Å²) in [6.45, 7) is 0.386. The van der Waals surface area contributed by atoms with Gasteiger partial charge in [0.2, 0.25) is 0 Å². The smallest absolute Gasteiger partial charge is 0.269 e. The van der Waals surface area contributed by atoms with Gasteiger partial charge in [0, 0.05) is 26.4 Å². The van der Waals surface area contributed by atoms with Gasteiger partial charge in [0.05, 0.1) is 18.4 Å². The van der Waals surface area contributed by atoms with E-state index in [1.54, 1.807) is 24.5 Å². The Morgan fingerprint density at radius 1 is 1.33 bits per heavy atom. The largest absolute Gasteiger partial charge is 0.376 e. The normalized spacial score (nSPS) is 10.4. The van der Waals surface area contributed by atoms with Gasteiger partial charge in [-0.1, -0.05) is 17.7 Å². The fourth-order valence-electron chi connectivity index (χ4n) is 1.46. The summed E-state index contributed by atoms with van der Waals surface area (Å²) in [5.41, 5.74) is 1.52. The molecule has 2 rings (SSSR count). The molecule has 0 fully saturated rings. The van der Waals surface area contributed by atoms with Gasteiger partial charge in [-0.25, -0.2) is 9.67 Å². The van der Waals surface area contributed by atoms with Crippen molar-refractivity contribution in [1.82, 2.24) is 14.8 Å². The van der Waals surface area contributed by atoms with E-state index in [9.17, 15) is 4.79 Å². The van der Waals surface area contributed by atoms with E-state index >= 15 is 0 Å². The summed E-state index contributed by atoms with van der Waals surface area (Å²) in [5.74, 6) is 0. The molecule has 0 spiro atoms. The van der Waals surface area contributed by atoms with Gasteiger partial charge in [0.15, 0.2) is 0 Å². The van der Waals surface area contributed by atoms with Crippen LogP contribution in [0.4, 0.5) is 5.69 Å². The molecule has 0 atom stereocenters. The van der Waals surface area contributed by atoms with E-state index < -0.39 is 0 Å². The molecule has 0 aliphatic rings. The van der Waals surface area contributed by atoms with Crippen LogP contribution in [0.2, 0.25) is 5.15 Å². The number of rotatable bonds is 3. The lowest BCUT2D eigenvalue weighted by molar-refractivity contribution is 0.637. The summed E-state index contributed by atoms with van der Waals surface area (Å²) in [7, 11) is 3.73. The Bertz CT molecular complexity index is 592. The van der Waals surface area contributed by atoms with Crippen LogP contribution in [0.1, 0.15) is 5.56 Å². The molecule has 2 heterocycles. The fraction of sp³-hybridized carbons (Fsp3) is 0.250. The van der Waals surface area contributed by atoms with Gasteiger partial charge in [0.1, 0.15) is 5.15 Å². The first kappa shape index (κ1) is 12.6. The maximum Gasteiger partial charge on any atom is 0.269 e. The number of nitrogens with zero attached hydrogens (tertiary/aromatic N) is 4. The SMILES string of the molecule is CN(C)c1cnn(Cc2ccc(Cl)nc2)c(=O)c1. The molecule has 2 aromatic rings. The van der Waals surface area contributed by atoms with E-state index in [0.29, 0.717) is 11.7 Å². The molecule has 6 heteroatoms. The molecule has 0 aromatic carbocycles. The van der Waals surface area contributed by atoms with Crippen molar-refractivity contribution in [3.63, 3.8) is 0 Å². The molecule has 0 aliphatic carbocycles. The quantitative estimate of drug-likeness (QED) is 0.787. The van der Waals surface area contributed by atoms with Crippen LogP contribution in [0.25, 0.3) is 0 Å². The zero-order valence-electron chi connectivity index (χ0n) is 10.2. The van der Waals surface area contributed by atoms with Crippen molar-refractivity contribution in [2.75, 3.05) is 19.0 Å². The number of hydrogen-bond donors (Lipinski definition) is 0. The number of pyridine rings is 1. The van der Waals surface area contributed by atoms with Crippen molar-refractivity contribution >= 4 is 17.3 Å². The average Bonchev–Trinajstić information content (AvgIpc) is 2.34. The highest BCUT2D eigenvalue weighted by Crippen LogP contribution is 2.07. The number of halogens is 1. The average molecular weight is 265 g/mol. The third-order valence-electron chi connectivity index (χ3n) is 2.49. The Balaban J connectivity index is 2.25. The van der Waals surface area contributed by atoms with Gasteiger partial charge in [-0.3, -0.25) is 4.79 Å².